The van der Waals surface area contributed by atoms with Crippen molar-refractivity contribution in [3.05, 3.63) is 0 Å². The second kappa shape index (κ2) is 2.73. The summed E-state index contributed by atoms with van der Waals surface area (Å²) in [5.41, 5.74) is 0.339. The minimum absolute atomic E-state index is 0.259. The first kappa shape index (κ1) is 9.04. The van der Waals surface area contributed by atoms with Gasteiger partial charge in [0.05, 0.1) is 0 Å². The molecule has 1 aliphatic heterocycles. The van der Waals surface area contributed by atoms with Gasteiger partial charge in [0.15, 0.2) is 0 Å². The summed E-state index contributed by atoms with van der Waals surface area (Å²) in [5, 5.41) is 3.03. The van der Waals surface area contributed by atoms with E-state index in [2.05, 4.69) is 26.1 Å². The highest BCUT2D eigenvalue weighted by molar-refractivity contribution is 5.80. The van der Waals surface area contributed by atoms with Crippen molar-refractivity contribution in [3.8, 4) is 0 Å². The average molecular weight is 181 g/mol. The lowest BCUT2D eigenvalue weighted by Crippen LogP contribution is -2.46. The SMILES string of the molecule is CC(C)C1CC2(CC(=O)NC2C)C1. The second-order valence-corrected chi connectivity index (χ2v) is 5.24. The van der Waals surface area contributed by atoms with E-state index in [1.54, 1.807) is 0 Å². The molecule has 1 atom stereocenters. The Morgan fingerprint density at radius 1 is 1.46 bits per heavy atom. The van der Waals surface area contributed by atoms with Gasteiger partial charge in [-0.25, -0.2) is 0 Å². The van der Waals surface area contributed by atoms with Crippen LogP contribution in [0.25, 0.3) is 0 Å². The van der Waals surface area contributed by atoms with Crippen molar-refractivity contribution in [2.75, 3.05) is 0 Å². The summed E-state index contributed by atoms with van der Waals surface area (Å²) in [6, 6.07) is 0.412. The highest BCUT2D eigenvalue weighted by Gasteiger charge is 2.53. The quantitative estimate of drug-likeness (QED) is 0.658. The summed E-state index contributed by atoms with van der Waals surface area (Å²) in [6.45, 7) is 6.72. The monoisotopic (exact) mass is 181 g/mol. The van der Waals surface area contributed by atoms with Crippen molar-refractivity contribution in [1.82, 2.24) is 5.32 Å². The first-order valence-corrected chi connectivity index (χ1v) is 5.33. The maximum Gasteiger partial charge on any atom is 0.220 e. The van der Waals surface area contributed by atoms with E-state index < -0.39 is 0 Å². The van der Waals surface area contributed by atoms with Gasteiger partial charge in [-0.15, -0.1) is 0 Å². The Kier molecular flexibility index (Phi) is 1.90. The largest absolute Gasteiger partial charge is 0.353 e. The molecule has 0 aromatic rings. The Morgan fingerprint density at radius 3 is 2.46 bits per heavy atom. The zero-order chi connectivity index (χ0) is 9.64. The van der Waals surface area contributed by atoms with Crippen LogP contribution in [0.15, 0.2) is 0 Å². The Bertz CT molecular complexity index is 228. The fourth-order valence-electron chi connectivity index (χ4n) is 2.87. The van der Waals surface area contributed by atoms with E-state index in [9.17, 15) is 4.79 Å². The maximum atomic E-state index is 11.2. The third-order valence-corrected chi connectivity index (χ3v) is 4.09. The first-order chi connectivity index (χ1) is 6.03. The maximum absolute atomic E-state index is 11.2. The van der Waals surface area contributed by atoms with E-state index >= 15 is 0 Å². The molecule has 74 valence electrons. The summed E-state index contributed by atoms with van der Waals surface area (Å²) in [6.07, 6.45) is 3.28. The van der Waals surface area contributed by atoms with Gasteiger partial charge in [0.25, 0.3) is 0 Å². The predicted molar refractivity (Wildman–Crippen MR) is 52.2 cm³/mol. The number of carbonyl (C=O) groups excluding carboxylic acids is 1. The predicted octanol–water partition coefficient (Wildman–Crippen LogP) is 1.95. The van der Waals surface area contributed by atoms with Crippen molar-refractivity contribution in [2.45, 2.75) is 46.1 Å². The second-order valence-electron chi connectivity index (χ2n) is 5.24. The van der Waals surface area contributed by atoms with Crippen molar-refractivity contribution in [2.24, 2.45) is 17.3 Å². The lowest BCUT2D eigenvalue weighted by Gasteiger charge is -2.49. The van der Waals surface area contributed by atoms with Gasteiger partial charge >= 0.3 is 0 Å². The Morgan fingerprint density at radius 2 is 2.08 bits per heavy atom. The standard InChI is InChI=1S/C11H19NO/c1-7(2)9-4-11(5-9)6-10(13)12-8(11)3/h7-9H,4-6H2,1-3H3,(H,12,13). The van der Waals surface area contributed by atoms with E-state index in [1.165, 1.54) is 12.8 Å². The molecule has 1 saturated carbocycles. The number of hydrogen-bond acceptors (Lipinski definition) is 1. The van der Waals surface area contributed by atoms with Crippen LogP contribution in [0.4, 0.5) is 0 Å². The average Bonchev–Trinajstić information content (AvgIpc) is 2.21. The summed E-state index contributed by atoms with van der Waals surface area (Å²) in [7, 11) is 0. The summed E-state index contributed by atoms with van der Waals surface area (Å²) < 4.78 is 0. The van der Waals surface area contributed by atoms with Crippen molar-refractivity contribution >= 4 is 5.91 Å². The lowest BCUT2D eigenvalue weighted by atomic mass is 9.56. The van der Waals surface area contributed by atoms with Crippen molar-refractivity contribution < 1.29 is 4.79 Å². The molecular weight excluding hydrogens is 162 g/mol. The van der Waals surface area contributed by atoms with E-state index in [4.69, 9.17) is 0 Å². The number of rotatable bonds is 1. The van der Waals surface area contributed by atoms with E-state index in [-0.39, 0.29) is 5.91 Å². The zero-order valence-corrected chi connectivity index (χ0v) is 8.76. The fourth-order valence-corrected chi connectivity index (χ4v) is 2.87. The highest BCUT2D eigenvalue weighted by atomic mass is 16.2. The molecule has 1 N–H and O–H groups in total. The van der Waals surface area contributed by atoms with Crippen LogP contribution in [0.1, 0.15) is 40.0 Å². The van der Waals surface area contributed by atoms with E-state index in [1.807, 2.05) is 0 Å². The number of carbonyl (C=O) groups is 1. The minimum atomic E-state index is 0.259. The van der Waals surface area contributed by atoms with Crippen LogP contribution in [-0.2, 0) is 4.79 Å². The molecule has 0 aromatic heterocycles. The van der Waals surface area contributed by atoms with Gasteiger partial charge in [0.2, 0.25) is 5.91 Å². The number of amides is 1. The molecule has 1 spiro atoms. The first-order valence-electron chi connectivity index (χ1n) is 5.33. The van der Waals surface area contributed by atoms with Crippen LogP contribution in [0.3, 0.4) is 0 Å². The Hall–Kier alpha value is -0.530. The van der Waals surface area contributed by atoms with Crippen LogP contribution in [-0.4, -0.2) is 11.9 Å². The van der Waals surface area contributed by atoms with Crippen LogP contribution in [0.5, 0.6) is 0 Å². The molecule has 1 amide bonds. The topological polar surface area (TPSA) is 29.1 Å². The normalized spacial score (nSPS) is 43.8. The summed E-state index contributed by atoms with van der Waals surface area (Å²) in [4.78, 5) is 11.2. The van der Waals surface area contributed by atoms with Crippen LogP contribution < -0.4 is 5.32 Å². The van der Waals surface area contributed by atoms with Gasteiger partial charge in [-0.1, -0.05) is 13.8 Å². The van der Waals surface area contributed by atoms with Gasteiger partial charge in [-0.2, -0.15) is 0 Å². The molecule has 2 rings (SSSR count). The van der Waals surface area contributed by atoms with Crippen LogP contribution in [0, 0.1) is 17.3 Å². The van der Waals surface area contributed by atoms with Crippen molar-refractivity contribution in [1.29, 1.82) is 0 Å². The summed E-state index contributed by atoms with van der Waals surface area (Å²) >= 11 is 0. The molecule has 0 radical (unpaired) electrons. The van der Waals surface area contributed by atoms with Gasteiger partial charge < -0.3 is 5.32 Å². The minimum Gasteiger partial charge on any atom is -0.353 e. The van der Waals surface area contributed by atoms with Crippen LogP contribution >= 0.6 is 0 Å². The molecule has 1 aliphatic carbocycles. The fraction of sp³-hybridized carbons (Fsp3) is 0.909. The van der Waals surface area contributed by atoms with Gasteiger partial charge in [0.1, 0.15) is 0 Å². The molecule has 1 heterocycles. The van der Waals surface area contributed by atoms with Crippen LogP contribution in [0.2, 0.25) is 0 Å². The Labute approximate surface area is 80.1 Å². The molecule has 0 aromatic carbocycles. The molecule has 2 nitrogen and oxygen atoms in total. The molecule has 2 heteroatoms. The van der Waals surface area contributed by atoms with Crippen molar-refractivity contribution in [3.63, 3.8) is 0 Å². The smallest absolute Gasteiger partial charge is 0.220 e. The zero-order valence-electron chi connectivity index (χ0n) is 8.76. The summed E-state index contributed by atoms with van der Waals surface area (Å²) in [5.74, 6) is 1.90. The van der Waals surface area contributed by atoms with E-state index in [0.29, 0.717) is 11.5 Å². The Balaban J connectivity index is 1.99. The molecule has 2 aliphatic rings. The molecule has 1 saturated heterocycles. The van der Waals surface area contributed by atoms with Gasteiger partial charge in [-0.05, 0) is 37.0 Å². The third kappa shape index (κ3) is 1.27. The molecule has 2 fully saturated rings. The van der Waals surface area contributed by atoms with Gasteiger partial charge in [-0.3, -0.25) is 4.79 Å². The van der Waals surface area contributed by atoms with Gasteiger partial charge in [0, 0.05) is 12.5 Å². The molecule has 0 bridgehead atoms. The molecule has 13 heavy (non-hydrogen) atoms. The molecular formula is C11H19NO. The molecule has 1 unspecified atom stereocenters. The number of nitrogens with one attached hydrogen (secondary N) is 1. The number of hydrogen-bond donors (Lipinski definition) is 1. The van der Waals surface area contributed by atoms with E-state index in [0.717, 1.165) is 18.3 Å². The lowest BCUT2D eigenvalue weighted by molar-refractivity contribution is -0.120. The third-order valence-electron chi connectivity index (χ3n) is 4.09. The highest BCUT2D eigenvalue weighted by Crippen LogP contribution is 2.55.